The van der Waals surface area contributed by atoms with Gasteiger partial charge in [-0.1, -0.05) is 6.07 Å². The summed E-state index contributed by atoms with van der Waals surface area (Å²) in [6.07, 6.45) is 1.67. The van der Waals surface area contributed by atoms with E-state index in [1.165, 1.54) is 12.1 Å². The van der Waals surface area contributed by atoms with Gasteiger partial charge in [0.2, 0.25) is 10.0 Å². The molecule has 1 atom stereocenters. The quantitative estimate of drug-likeness (QED) is 0.611. The monoisotopic (exact) mass is 405 g/mol. The Balaban J connectivity index is 1.73. The molecule has 28 heavy (non-hydrogen) atoms. The first kappa shape index (κ1) is 18.5. The van der Waals surface area contributed by atoms with Gasteiger partial charge >= 0.3 is 0 Å². The summed E-state index contributed by atoms with van der Waals surface area (Å²) in [4.78, 5) is 12.7. The van der Waals surface area contributed by atoms with E-state index in [0.717, 1.165) is 24.5 Å². The molecule has 0 aliphatic carbocycles. The molecule has 2 aliphatic heterocycles. The lowest BCUT2D eigenvalue weighted by Crippen LogP contribution is -2.24. The molecule has 4 rings (SSSR count). The van der Waals surface area contributed by atoms with Gasteiger partial charge in [0.05, 0.1) is 15.9 Å². The number of anilines is 1. The molecular formula is C18H19N3O6S. The molecular weight excluding hydrogens is 386 g/mol. The number of hydrogen-bond donors (Lipinski definition) is 1. The van der Waals surface area contributed by atoms with Gasteiger partial charge in [-0.2, -0.15) is 0 Å². The number of sulfonamides is 1. The number of ether oxygens (including phenoxy) is 2. The fourth-order valence-corrected chi connectivity index (χ4v) is 4.27. The maximum absolute atomic E-state index is 11.6. The Morgan fingerprint density at radius 3 is 2.57 bits per heavy atom. The van der Waals surface area contributed by atoms with E-state index >= 15 is 0 Å². The zero-order chi connectivity index (χ0) is 19.9. The van der Waals surface area contributed by atoms with Crippen LogP contribution in [0.3, 0.4) is 0 Å². The predicted molar refractivity (Wildman–Crippen MR) is 101 cm³/mol. The van der Waals surface area contributed by atoms with E-state index in [1.807, 2.05) is 23.1 Å². The molecule has 0 amide bonds. The Kier molecular flexibility index (Phi) is 4.60. The summed E-state index contributed by atoms with van der Waals surface area (Å²) in [7, 11) is -4.03. The molecule has 0 unspecified atom stereocenters. The van der Waals surface area contributed by atoms with Gasteiger partial charge in [-0.15, -0.1) is 0 Å². The van der Waals surface area contributed by atoms with Crippen molar-refractivity contribution in [1.82, 2.24) is 0 Å². The Bertz CT molecular complexity index is 1040. The molecule has 9 nitrogen and oxygen atoms in total. The minimum Gasteiger partial charge on any atom is -0.486 e. The molecule has 2 N–H and O–H groups in total. The predicted octanol–water partition coefficient (Wildman–Crippen LogP) is 2.35. The van der Waals surface area contributed by atoms with Crippen LogP contribution >= 0.6 is 0 Å². The van der Waals surface area contributed by atoms with Crippen molar-refractivity contribution in [1.29, 1.82) is 0 Å². The molecule has 0 radical (unpaired) electrons. The first-order chi connectivity index (χ1) is 13.3. The van der Waals surface area contributed by atoms with Crippen LogP contribution in [0.5, 0.6) is 11.5 Å². The van der Waals surface area contributed by atoms with E-state index in [0.29, 0.717) is 36.9 Å². The Morgan fingerprint density at radius 2 is 1.86 bits per heavy atom. The van der Waals surface area contributed by atoms with Gasteiger partial charge in [0.15, 0.2) is 11.5 Å². The molecule has 1 fully saturated rings. The topological polar surface area (TPSA) is 125 Å². The maximum atomic E-state index is 11.6. The number of nitrogens with two attached hydrogens (primary N) is 1. The van der Waals surface area contributed by atoms with E-state index in [-0.39, 0.29) is 16.6 Å². The smallest absolute Gasteiger partial charge is 0.293 e. The number of rotatable bonds is 4. The first-order valence-corrected chi connectivity index (χ1v) is 10.4. The number of nitro benzene ring substituents is 1. The van der Waals surface area contributed by atoms with Crippen LogP contribution in [-0.2, 0) is 10.0 Å². The summed E-state index contributed by atoms with van der Waals surface area (Å²) < 4.78 is 34.4. The van der Waals surface area contributed by atoms with Crippen LogP contribution in [0.2, 0.25) is 0 Å². The maximum Gasteiger partial charge on any atom is 0.293 e. The third kappa shape index (κ3) is 3.36. The Morgan fingerprint density at radius 1 is 1.11 bits per heavy atom. The second-order valence-electron chi connectivity index (χ2n) is 6.71. The minimum absolute atomic E-state index is 0.0881. The van der Waals surface area contributed by atoms with Gasteiger partial charge < -0.3 is 14.4 Å². The zero-order valence-corrected chi connectivity index (χ0v) is 15.7. The lowest BCUT2D eigenvalue weighted by Gasteiger charge is -2.28. The van der Waals surface area contributed by atoms with Crippen molar-refractivity contribution in [3.63, 3.8) is 0 Å². The molecule has 2 aromatic carbocycles. The van der Waals surface area contributed by atoms with Crippen LogP contribution in [0, 0.1) is 10.1 Å². The largest absolute Gasteiger partial charge is 0.486 e. The molecule has 10 heteroatoms. The van der Waals surface area contributed by atoms with E-state index < -0.39 is 14.9 Å². The average Bonchev–Trinajstić information content (AvgIpc) is 3.16. The fourth-order valence-electron chi connectivity index (χ4n) is 3.74. The van der Waals surface area contributed by atoms with Gasteiger partial charge in [-0.25, -0.2) is 13.6 Å². The lowest BCUT2D eigenvalue weighted by atomic mass is 10.0. The summed E-state index contributed by atoms with van der Waals surface area (Å²) in [5.74, 6) is 1.35. The summed E-state index contributed by atoms with van der Waals surface area (Å²) in [5.41, 5.74) is 1.05. The molecule has 0 spiro atoms. The second kappa shape index (κ2) is 6.95. The van der Waals surface area contributed by atoms with Crippen LogP contribution in [0.25, 0.3) is 0 Å². The minimum atomic E-state index is -4.03. The van der Waals surface area contributed by atoms with Crippen LogP contribution in [-0.4, -0.2) is 33.1 Å². The highest BCUT2D eigenvalue weighted by Gasteiger charge is 2.32. The molecule has 0 bridgehead atoms. The van der Waals surface area contributed by atoms with Gasteiger partial charge in [0.25, 0.3) is 5.69 Å². The lowest BCUT2D eigenvalue weighted by molar-refractivity contribution is -0.384. The number of fused-ring (bicyclic) bond motifs is 1. The normalized spacial score (nSPS) is 18.9. The summed E-state index contributed by atoms with van der Waals surface area (Å²) in [6.45, 7) is 1.60. The molecule has 2 aliphatic rings. The molecule has 148 valence electrons. The molecule has 0 saturated carbocycles. The van der Waals surface area contributed by atoms with Crippen molar-refractivity contribution in [2.75, 3.05) is 24.7 Å². The van der Waals surface area contributed by atoms with E-state index in [2.05, 4.69) is 0 Å². The van der Waals surface area contributed by atoms with Crippen molar-refractivity contribution < 1.29 is 22.8 Å². The number of primary sulfonamides is 1. The molecule has 2 aromatic rings. The third-order valence-corrected chi connectivity index (χ3v) is 5.90. The number of nitrogens with zero attached hydrogens (tertiary/aromatic N) is 2. The SMILES string of the molecule is NS(=O)(=O)c1ccc(N2CCC[C@@H]2c2ccc3c(c2)OCCO3)c([N+](=O)[O-])c1. The standard InChI is InChI=1S/C18H19N3O6S/c19-28(24,25)13-4-5-15(16(11-13)21(22)23)20-7-1-2-14(20)12-3-6-17-18(10-12)27-9-8-26-17/h3-6,10-11,14H,1-2,7-9H2,(H2,19,24,25)/t14-/m1/s1. The summed E-state index contributed by atoms with van der Waals surface area (Å²) >= 11 is 0. The van der Waals surface area contributed by atoms with Crippen molar-refractivity contribution in [3.8, 4) is 11.5 Å². The van der Waals surface area contributed by atoms with Crippen LogP contribution < -0.4 is 19.5 Å². The first-order valence-electron chi connectivity index (χ1n) is 8.82. The summed E-state index contributed by atoms with van der Waals surface area (Å²) in [6, 6.07) is 9.37. The van der Waals surface area contributed by atoms with Gasteiger partial charge in [0.1, 0.15) is 18.9 Å². The van der Waals surface area contributed by atoms with E-state index in [9.17, 15) is 18.5 Å². The highest BCUT2D eigenvalue weighted by atomic mass is 32.2. The molecule has 0 aromatic heterocycles. The van der Waals surface area contributed by atoms with Crippen molar-refractivity contribution in [2.45, 2.75) is 23.8 Å². The average molecular weight is 405 g/mol. The highest BCUT2D eigenvalue weighted by molar-refractivity contribution is 7.89. The molecule has 2 heterocycles. The van der Waals surface area contributed by atoms with Crippen LogP contribution in [0.4, 0.5) is 11.4 Å². The number of benzene rings is 2. The Labute approximate surface area is 161 Å². The highest BCUT2D eigenvalue weighted by Crippen LogP contribution is 2.43. The molecule has 1 saturated heterocycles. The van der Waals surface area contributed by atoms with Crippen LogP contribution in [0.1, 0.15) is 24.4 Å². The summed E-state index contributed by atoms with van der Waals surface area (Å²) in [5, 5.41) is 16.7. The fraction of sp³-hybridized carbons (Fsp3) is 0.333. The van der Waals surface area contributed by atoms with E-state index in [1.54, 1.807) is 0 Å². The second-order valence-corrected chi connectivity index (χ2v) is 8.27. The van der Waals surface area contributed by atoms with Gasteiger partial charge in [-0.05, 0) is 42.7 Å². The van der Waals surface area contributed by atoms with Crippen LogP contribution in [0.15, 0.2) is 41.3 Å². The number of hydrogen-bond acceptors (Lipinski definition) is 7. The zero-order valence-electron chi connectivity index (χ0n) is 14.9. The van der Waals surface area contributed by atoms with E-state index in [4.69, 9.17) is 14.6 Å². The van der Waals surface area contributed by atoms with Crippen molar-refractivity contribution in [2.24, 2.45) is 5.14 Å². The van der Waals surface area contributed by atoms with Crippen molar-refractivity contribution >= 4 is 21.4 Å². The third-order valence-electron chi connectivity index (χ3n) is 4.99. The van der Waals surface area contributed by atoms with Crippen molar-refractivity contribution in [3.05, 3.63) is 52.1 Å². The Hall–Kier alpha value is -2.85. The van der Waals surface area contributed by atoms with Gasteiger partial charge in [0, 0.05) is 12.6 Å². The number of nitro groups is 1. The van der Waals surface area contributed by atoms with Gasteiger partial charge in [-0.3, -0.25) is 10.1 Å².